The van der Waals surface area contributed by atoms with Gasteiger partial charge in [0.1, 0.15) is 5.76 Å². The van der Waals surface area contributed by atoms with Crippen LogP contribution in [-0.2, 0) is 6.42 Å². The van der Waals surface area contributed by atoms with E-state index >= 15 is 0 Å². The predicted molar refractivity (Wildman–Crippen MR) is 71.3 cm³/mol. The van der Waals surface area contributed by atoms with Crippen LogP contribution in [0.5, 0.6) is 0 Å². The minimum atomic E-state index is 0.241. The average Bonchev–Trinajstić information content (AvgIpc) is 2.82. The van der Waals surface area contributed by atoms with E-state index in [4.69, 9.17) is 10.2 Å². The molecule has 17 heavy (non-hydrogen) atoms. The third-order valence-corrected chi connectivity index (χ3v) is 3.90. The first-order chi connectivity index (χ1) is 8.06. The fourth-order valence-electron chi connectivity index (χ4n) is 1.67. The molecule has 4 heteroatoms. The van der Waals surface area contributed by atoms with E-state index in [1.807, 2.05) is 32.9 Å². The second kappa shape index (κ2) is 5.02. The van der Waals surface area contributed by atoms with Crippen LogP contribution in [0.25, 0.3) is 10.8 Å². The average molecular weight is 250 g/mol. The molecule has 0 amide bonds. The van der Waals surface area contributed by atoms with Gasteiger partial charge in [0, 0.05) is 10.9 Å². The van der Waals surface area contributed by atoms with Crippen LogP contribution >= 0.6 is 11.3 Å². The van der Waals surface area contributed by atoms with E-state index < -0.39 is 0 Å². The Kier molecular flexibility index (Phi) is 3.64. The molecule has 0 aliphatic heterocycles. The highest BCUT2D eigenvalue weighted by molar-refractivity contribution is 7.15. The molecule has 92 valence electrons. The third kappa shape index (κ3) is 2.96. The first kappa shape index (κ1) is 12.3. The lowest BCUT2D eigenvalue weighted by Gasteiger charge is -2.02. The number of thiazole rings is 1. The van der Waals surface area contributed by atoms with Crippen molar-refractivity contribution in [2.45, 2.75) is 39.7 Å². The van der Waals surface area contributed by atoms with Crippen molar-refractivity contribution < 1.29 is 4.42 Å². The molecular formula is C13H18N2OS. The Morgan fingerprint density at radius 2 is 2.18 bits per heavy atom. The Labute approximate surface area is 106 Å². The van der Waals surface area contributed by atoms with Gasteiger partial charge in [-0.15, -0.1) is 11.3 Å². The van der Waals surface area contributed by atoms with Gasteiger partial charge in [0.25, 0.3) is 0 Å². The van der Waals surface area contributed by atoms with Crippen molar-refractivity contribution in [1.29, 1.82) is 0 Å². The lowest BCUT2D eigenvalue weighted by molar-refractivity contribution is 0.548. The Bertz CT molecular complexity index is 499. The fourth-order valence-corrected chi connectivity index (χ4v) is 2.71. The monoisotopic (exact) mass is 250 g/mol. The largest absolute Gasteiger partial charge is 0.459 e. The second-order valence-electron chi connectivity index (χ2n) is 4.45. The van der Waals surface area contributed by atoms with Gasteiger partial charge in [-0.05, 0) is 45.7 Å². The minimum absolute atomic E-state index is 0.241. The van der Waals surface area contributed by atoms with Crippen molar-refractivity contribution in [3.05, 3.63) is 28.5 Å². The fraction of sp³-hybridized carbons (Fsp3) is 0.462. The number of nitrogens with two attached hydrogens (primary N) is 1. The van der Waals surface area contributed by atoms with Crippen LogP contribution in [-0.4, -0.2) is 11.0 Å². The van der Waals surface area contributed by atoms with E-state index in [2.05, 4.69) is 4.98 Å². The summed E-state index contributed by atoms with van der Waals surface area (Å²) in [6.07, 6.45) is 2.00. The number of rotatable bonds is 4. The van der Waals surface area contributed by atoms with Crippen molar-refractivity contribution >= 4 is 11.3 Å². The SMILES string of the molecule is Cc1ccc(-c2nc(C)c(CCC(C)N)s2)o1. The highest BCUT2D eigenvalue weighted by Crippen LogP contribution is 2.29. The Hall–Kier alpha value is -1.13. The molecule has 2 N–H and O–H groups in total. The standard InChI is InChI=1S/C13H18N2OS/c1-8(14)4-7-12-10(3)15-13(17-12)11-6-5-9(2)16-11/h5-6,8H,4,7,14H2,1-3H3. The third-order valence-electron chi connectivity index (χ3n) is 2.67. The quantitative estimate of drug-likeness (QED) is 0.905. The molecule has 2 heterocycles. The molecule has 2 rings (SSSR count). The predicted octanol–water partition coefficient (Wildman–Crippen LogP) is 3.30. The van der Waals surface area contributed by atoms with Crippen molar-refractivity contribution in [2.24, 2.45) is 5.73 Å². The molecule has 1 atom stereocenters. The maximum Gasteiger partial charge on any atom is 0.162 e. The summed E-state index contributed by atoms with van der Waals surface area (Å²) < 4.78 is 5.59. The zero-order valence-corrected chi connectivity index (χ0v) is 11.3. The van der Waals surface area contributed by atoms with E-state index in [-0.39, 0.29) is 6.04 Å². The molecule has 2 aromatic heterocycles. The highest BCUT2D eigenvalue weighted by Gasteiger charge is 2.12. The molecule has 0 saturated carbocycles. The summed E-state index contributed by atoms with van der Waals surface area (Å²) >= 11 is 1.71. The molecule has 0 spiro atoms. The summed E-state index contributed by atoms with van der Waals surface area (Å²) in [6, 6.07) is 4.18. The first-order valence-corrected chi connectivity index (χ1v) is 6.66. The molecule has 0 saturated heterocycles. The second-order valence-corrected chi connectivity index (χ2v) is 5.54. The summed E-state index contributed by atoms with van der Waals surface area (Å²) in [5, 5.41) is 0.968. The van der Waals surface area contributed by atoms with Crippen LogP contribution in [0, 0.1) is 13.8 Å². The van der Waals surface area contributed by atoms with Gasteiger partial charge in [0.2, 0.25) is 0 Å². The van der Waals surface area contributed by atoms with Crippen LogP contribution < -0.4 is 5.73 Å². The van der Waals surface area contributed by atoms with E-state index in [0.29, 0.717) is 0 Å². The van der Waals surface area contributed by atoms with Crippen LogP contribution in [0.2, 0.25) is 0 Å². The molecule has 0 aromatic carbocycles. The first-order valence-electron chi connectivity index (χ1n) is 5.85. The van der Waals surface area contributed by atoms with Gasteiger partial charge in [-0.3, -0.25) is 0 Å². The summed E-state index contributed by atoms with van der Waals surface area (Å²) in [4.78, 5) is 5.87. The van der Waals surface area contributed by atoms with Gasteiger partial charge in [-0.1, -0.05) is 0 Å². The van der Waals surface area contributed by atoms with Crippen molar-refractivity contribution in [2.75, 3.05) is 0 Å². The number of nitrogens with zero attached hydrogens (tertiary/aromatic N) is 1. The molecule has 0 aliphatic rings. The number of aromatic nitrogens is 1. The zero-order valence-electron chi connectivity index (χ0n) is 10.5. The van der Waals surface area contributed by atoms with E-state index in [1.165, 1.54) is 4.88 Å². The molecule has 0 aliphatic carbocycles. The van der Waals surface area contributed by atoms with Crippen molar-refractivity contribution in [3.8, 4) is 10.8 Å². The number of furan rings is 1. The topological polar surface area (TPSA) is 52.0 Å². The van der Waals surface area contributed by atoms with Gasteiger partial charge >= 0.3 is 0 Å². The maximum absolute atomic E-state index is 5.78. The summed E-state index contributed by atoms with van der Waals surface area (Å²) in [5.74, 6) is 1.78. The number of hydrogen-bond donors (Lipinski definition) is 1. The molecule has 0 radical (unpaired) electrons. The van der Waals surface area contributed by atoms with Gasteiger partial charge in [0.05, 0.1) is 5.69 Å². The van der Waals surface area contributed by atoms with Gasteiger partial charge in [-0.25, -0.2) is 4.98 Å². The van der Waals surface area contributed by atoms with Crippen LogP contribution in [0.4, 0.5) is 0 Å². The Morgan fingerprint density at radius 3 is 2.76 bits per heavy atom. The van der Waals surface area contributed by atoms with Crippen LogP contribution in [0.15, 0.2) is 16.5 Å². The Morgan fingerprint density at radius 1 is 1.41 bits per heavy atom. The van der Waals surface area contributed by atoms with E-state index in [1.54, 1.807) is 11.3 Å². The Balaban J connectivity index is 2.18. The molecule has 0 bridgehead atoms. The molecule has 0 fully saturated rings. The lowest BCUT2D eigenvalue weighted by Crippen LogP contribution is -2.15. The summed E-state index contributed by atoms with van der Waals surface area (Å²) in [6.45, 7) is 6.03. The zero-order chi connectivity index (χ0) is 12.4. The lowest BCUT2D eigenvalue weighted by atomic mass is 10.1. The summed E-state index contributed by atoms with van der Waals surface area (Å²) in [7, 11) is 0. The smallest absolute Gasteiger partial charge is 0.162 e. The molecular weight excluding hydrogens is 232 g/mol. The molecule has 3 nitrogen and oxygen atoms in total. The summed E-state index contributed by atoms with van der Waals surface area (Å²) in [5.41, 5.74) is 6.87. The van der Waals surface area contributed by atoms with E-state index in [9.17, 15) is 0 Å². The van der Waals surface area contributed by atoms with Crippen LogP contribution in [0.1, 0.15) is 29.7 Å². The minimum Gasteiger partial charge on any atom is -0.459 e. The van der Waals surface area contributed by atoms with Gasteiger partial charge in [0.15, 0.2) is 10.8 Å². The molecule has 2 aromatic rings. The van der Waals surface area contributed by atoms with Crippen molar-refractivity contribution in [1.82, 2.24) is 4.98 Å². The van der Waals surface area contributed by atoms with Crippen LogP contribution in [0.3, 0.4) is 0 Å². The van der Waals surface area contributed by atoms with E-state index in [0.717, 1.165) is 35.1 Å². The number of hydrogen-bond acceptors (Lipinski definition) is 4. The van der Waals surface area contributed by atoms with Gasteiger partial charge < -0.3 is 10.2 Å². The van der Waals surface area contributed by atoms with Crippen molar-refractivity contribution in [3.63, 3.8) is 0 Å². The normalized spacial score (nSPS) is 12.9. The van der Waals surface area contributed by atoms with Gasteiger partial charge in [-0.2, -0.15) is 0 Å². The maximum atomic E-state index is 5.78. The molecule has 1 unspecified atom stereocenters. The number of aryl methyl sites for hydroxylation is 3. The highest BCUT2D eigenvalue weighted by atomic mass is 32.1.